The highest BCUT2D eigenvalue weighted by Gasteiger charge is 2.28. The van der Waals surface area contributed by atoms with E-state index in [1.807, 2.05) is 29.5 Å². The molecule has 66 heavy (non-hydrogen) atoms. The minimum absolute atomic E-state index is 0.0243. The molecule has 11 nitrogen and oxygen atoms in total. The van der Waals surface area contributed by atoms with Crippen LogP contribution in [0.3, 0.4) is 0 Å². The molecule has 0 aliphatic carbocycles. The van der Waals surface area contributed by atoms with Crippen LogP contribution in [0.1, 0.15) is 201 Å². The molecule has 0 atom stereocenters. The molecule has 6 heterocycles. The molecule has 2 aliphatic rings. The van der Waals surface area contributed by atoms with E-state index in [2.05, 4.69) is 242 Å². The number of pyridine rings is 1. The van der Waals surface area contributed by atoms with Crippen molar-refractivity contribution in [2.24, 2.45) is 0 Å². The number of aromatic nitrogens is 8. The maximum atomic E-state index is 4.66. The summed E-state index contributed by atoms with van der Waals surface area (Å²) >= 11 is 0. The summed E-state index contributed by atoms with van der Waals surface area (Å²) in [5, 5.41) is 13.3. The lowest BCUT2D eigenvalue weighted by molar-refractivity contribution is 0.128. The van der Waals surface area contributed by atoms with Crippen LogP contribution in [0.15, 0.2) is 55.3 Å². The van der Waals surface area contributed by atoms with Crippen LogP contribution in [-0.2, 0) is 32.7 Å². The van der Waals surface area contributed by atoms with E-state index in [4.69, 9.17) is 0 Å². The fourth-order valence-electron chi connectivity index (χ4n) is 7.01. The van der Waals surface area contributed by atoms with Gasteiger partial charge in [-0.05, 0) is 129 Å². The molecule has 0 aromatic carbocycles. The van der Waals surface area contributed by atoms with Crippen LogP contribution >= 0.6 is 0 Å². The maximum Gasteiger partial charge on any atom is 0.154 e. The smallest absolute Gasteiger partial charge is 0.154 e. The van der Waals surface area contributed by atoms with Gasteiger partial charge in [0.2, 0.25) is 0 Å². The fourth-order valence-corrected chi connectivity index (χ4v) is 7.01. The zero-order valence-corrected chi connectivity index (χ0v) is 46.6. The Kier molecular flexibility index (Phi) is 18.0. The van der Waals surface area contributed by atoms with Crippen LogP contribution < -0.4 is 4.90 Å². The lowest BCUT2D eigenvalue weighted by Crippen LogP contribution is -2.53. The summed E-state index contributed by atoms with van der Waals surface area (Å²) in [6, 6.07) is 6.50. The first kappa shape index (κ1) is 56.4. The molecule has 0 saturated carbocycles. The van der Waals surface area contributed by atoms with Gasteiger partial charge in [-0.1, -0.05) is 95.2 Å². The van der Waals surface area contributed by atoms with Crippen LogP contribution in [0, 0.1) is 0 Å². The van der Waals surface area contributed by atoms with Crippen LogP contribution in [0.25, 0.3) is 5.57 Å². The van der Waals surface area contributed by atoms with E-state index in [-0.39, 0.29) is 43.8 Å². The van der Waals surface area contributed by atoms with Gasteiger partial charge in [-0.25, -0.2) is 15.0 Å². The summed E-state index contributed by atoms with van der Waals surface area (Å²) in [7, 11) is 0. The first-order chi connectivity index (χ1) is 29.8. The third kappa shape index (κ3) is 17.3. The maximum absolute atomic E-state index is 4.66. The van der Waals surface area contributed by atoms with Crippen LogP contribution in [0.2, 0.25) is 0 Å². The van der Waals surface area contributed by atoms with Gasteiger partial charge in [0.05, 0.1) is 28.7 Å². The van der Waals surface area contributed by atoms with Gasteiger partial charge in [0.15, 0.2) is 5.82 Å². The molecular formula is C55H95N11. The number of piperazine rings is 1. The Balaban J connectivity index is 0.000000239. The molecule has 0 amide bonds. The first-order valence-electron chi connectivity index (χ1n) is 24.5. The Morgan fingerprint density at radius 1 is 0.439 bits per heavy atom. The van der Waals surface area contributed by atoms with Gasteiger partial charge >= 0.3 is 0 Å². The Morgan fingerprint density at radius 2 is 0.955 bits per heavy atom. The number of hydrogen-bond donors (Lipinski definition) is 0. The summed E-state index contributed by atoms with van der Waals surface area (Å²) in [5.74, 6) is 2.01. The van der Waals surface area contributed by atoms with Crippen molar-refractivity contribution in [2.75, 3.05) is 44.2 Å². The topological polar surface area (TPSA) is 96.9 Å². The Bertz CT molecular complexity index is 1970. The predicted molar refractivity (Wildman–Crippen MR) is 281 cm³/mol. The van der Waals surface area contributed by atoms with Gasteiger partial charge in [0.25, 0.3) is 0 Å². The second-order valence-corrected chi connectivity index (χ2v) is 26.4. The molecule has 0 spiro atoms. The van der Waals surface area contributed by atoms with E-state index in [0.29, 0.717) is 0 Å². The van der Waals surface area contributed by atoms with Gasteiger partial charge in [-0.2, -0.15) is 20.1 Å². The van der Waals surface area contributed by atoms with Crippen molar-refractivity contribution in [3.05, 3.63) is 83.6 Å². The third-order valence-electron chi connectivity index (χ3n) is 12.0. The van der Waals surface area contributed by atoms with E-state index < -0.39 is 0 Å². The van der Waals surface area contributed by atoms with Gasteiger partial charge in [0.1, 0.15) is 5.82 Å². The minimum atomic E-state index is -0.0243. The van der Waals surface area contributed by atoms with E-state index in [1.165, 1.54) is 16.7 Å². The van der Waals surface area contributed by atoms with Crippen molar-refractivity contribution in [3.63, 3.8) is 0 Å². The number of anilines is 1. The lowest BCUT2D eigenvalue weighted by atomic mass is 9.88. The van der Waals surface area contributed by atoms with Crippen LogP contribution in [0.5, 0.6) is 0 Å². The van der Waals surface area contributed by atoms with Crippen molar-refractivity contribution < 1.29 is 0 Å². The standard InChI is InChI=1S/C17H27N3.C17H29N3.C11H20N2.C10H19N3/c1-16(2,3)14-11-18-15(19-12-14)13-7-9-20(10-8-13)17(4,5)6;1-16(2,3)14-7-8-15(18-13-14)19-9-11-20(12-10-19)17(4,5)6;1-10(2,3)9-7-8-13(12-9)11(4,5)6;1-9(2,3)8-7-11-13(12-8)10(4,5)6/h7,11-12H,8-10H2,1-6H3;7-8,13H,9-12H2,1-6H3;7-8H,1-6H3;7H,1-6H3. The van der Waals surface area contributed by atoms with Crippen LogP contribution in [-0.4, -0.2) is 99.9 Å². The molecule has 11 heteroatoms. The molecule has 0 radical (unpaired) electrons. The summed E-state index contributed by atoms with van der Waals surface area (Å²) in [5.41, 5.74) is 7.07. The first-order valence-corrected chi connectivity index (χ1v) is 24.5. The lowest BCUT2D eigenvalue weighted by Gasteiger charge is -2.42. The van der Waals surface area contributed by atoms with Gasteiger partial charge in [-0.3, -0.25) is 14.5 Å². The SMILES string of the molecule is CC(C)(C)c1ccc(N2CCN(C(C)(C)C)CC2)nc1.CC(C)(C)c1ccn(C(C)(C)C)n1.CC(C)(C)c1cnc(C2=CCN(C(C)(C)C)CC2)nc1.CC(C)(C)c1cnn(C(C)(C)C)n1. The monoisotopic (exact) mass is 910 g/mol. The summed E-state index contributed by atoms with van der Waals surface area (Å²) < 4.78 is 2.02. The Labute approximate surface area is 403 Å². The van der Waals surface area contributed by atoms with E-state index >= 15 is 0 Å². The highest BCUT2D eigenvalue weighted by molar-refractivity contribution is 5.60. The normalized spacial score (nSPS) is 16.3. The zero-order chi connectivity index (χ0) is 50.5. The molecule has 0 N–H and O–H groups in total. The third-order valence-corrected chi connectivity index (χ3v) is 12.0. The van der Waals surface area contributed by atoms with Gasteiger partial charge in [-0.15, -0.1) is 0 Å². The van der Waals surface area contributed by atoms with Crippen LogP contribution in [0.4, 0.5) is 5.82 Å². The second-order valence-electron chi connectivity index (χ2n) is 26.4. The molecule has 0 unspecified atom stereocenters. The summed E-state index contributed by atoms with van der Waals surface area (Å²) in [4.78, 5) is 23.0. The van der Waals surface area contributed by atoms with Crippen molar-refractivity contribution in [1.82, 2.24) is 49.5 Å². The van der Waals surface area contributed by atoms with Crippen molar-refractivity contribution in [2.45, 2.75) is 216 Å². The van der Waals surface area contributed by atoms with E-state index in [9.17, 15) is 0 Å². The predicted octanol–water partition coefficient (Wildman–Crippen LogP) is 12.2. The van der Waals surface area contributed by atoms with Crippen molar-refractivity contribution in [3.8, 4) is 0 Å². The van der Waals surface area contributed by atoms with Gasteiger partial charge in [0, 0.05) is 86.0 Å². The number of hydrogen-bond acceptors (Lipinski definition) is 9. The minimum Gasteiger partial charge on any atom is -0.354 e. The average molecular weight is 910 g/mol. The molecule has 2 aliphatic heterocycles. The summed E-state index contributed by atoms with van der Waals surface area (Å²) in [6.45, 7) is 59.1. The van der Waals surface area contributed by atoms with Gasteiger partial charge < -0.3 is 4.90 Å². The average Bonchev–Trinajstić information content (AvgIpc) is 3.91. The van der Waals surface area contributed by atoms with Crippen molar-refractivity contribution >= 4 is 11.4 Å². The van der Waals surface area contributed by atoms with E-state index in [0.717, 1.165) is 68.7 Å². The van der Waals surface area contributed by atoms with Crippen molar-refractivity contribution in [1.29, 1.82) is 0 Å². The molecule has 4 aromatic heterocycles. The molecule has 370 valence electrons. The number of rotatable bonds is 2. The summed E-state index contributed by atoms with van der Waals surface area (Å²) in [6.07, 6.45) is 13.2. The molecule has 0 bridgehead atoms. The molecule has 1 saturated heterocycles. The molecule has 1 fully saturated rings. The molecule has 6 rings (SSSR count). The Morgan fingerprint density at radius 3 is 1.29 bits per heavy atom. The fraction of sp³-hybridized carbons (Fsp3) is 0.709. The highest BCUT2D eigenvalue weighted by Crippen LogP contribution is 2.28. The van der Waals surface area contributed by atoms with E-state index in [1.54, 1.807) is 4.80 Å². The number of nitrogens with zero attached hydrogens (tertiary/aromatic N) is 11. The highest BCUT2D eigenvalue weighted by atomic mass is 15.5. The largest absolute Gasteiger partial charge is 0.354 e. The molecular weight excluding hydrogens is 815 g/mol. The second kappa shape index (κ2) is 21.1. The zero-order valence-electron chi connectivity index (χ0n) is 46.6. The quantitative estimate of drug-likeness (QED) is 0.195. The molecule has 4 aromatic rings. The Hall–Kier alpha value is -3.96.